The van der Waals surface area contributed by atoms with E-state index < -0.39 is 0 Å². The summed E-state index contributed by atoms with van der Waals surface area (Å²) in [5.41, 5.74) is 17.1. The Kier molecular flexibility index (Phi) is 9.28. The lowest BCUT2D eigenvalue weighted by molar-refractivity contribution is 1.58. The minimum absolute atomic E-state index is 1.20. The summed E-state index contributed by atoms with van der Waals surface area (Å²) in [7, 11) is 0. The summed E-state index contributed by atoms with van der Waals surface area (Å²) >= 11 is 0. The van der Waals surface area contributed by atoms with E-state index in [9.17, 15) is 0 Å². The average Bonchev–Trinajstić information content (AvgIpc) is 3.38. The monoisotopic (exact) mass is 810 g/mol. The van der Waals surface area contributed by atoms with Gasteiger partial charge < -0.3 is 0 Å². The Morgan fingerprint density at radius 1 is 0.125 bits per heavy atom. The number of benzene rings is 12. The van der Waals surface area contributed by atoms with Gasteiger partial charge in [-0.1, -0.05) is 231 Å². The van der Waals surface area contributed by atoms with Crippen LogP contribution in [0, 0.1) is 0 Å². The SMILES string of the molecule is c1ccc(-c2cc(-c3ccccc3)cc(-c3c4ccccc4c(-c4ccc(-c5c6ccccc6c(-c6ccccc6)c6cc(-c7ccccc7)ccc56)cc4)c4ccccc34)c2)cc1. The van der Waals surface area contributed by atoms with Gasteiger partial charge in [0.25, 0.3) is 0 Å². The van der Waals surface area contributed by atoms with Crippen molar-refractivity contribution in [3.63, 3.8) is 0 Å². The number of fused-ring (bicyclic) bond motifs is 4. The molecule has 0 atom stereocenters. The Hall–Kier alpha value is -8.32. The fourth-order valence-corrected chi connectivity index (χ4v) is 10.1. The lowest BCUT2D eigenvalue weighted by atomic mass is 9.83. The number of rotatable bonds is 7. The predicted molar refractivity (Wildman–Crippen MR) is 275 cm³/mol. The van der Waals surface area contributed by atoms with E-state index >= 15 is 0 Å². The summed E-state index contributed by atoms with van der Waals surface area (Å²) in [5.74, 6) is 0. The maximum Gasteiger partial charge on any atom is -0.00259 e. The molecule has 64 heavy (non-hydrogen) atoms. The smallest absolute Gasteiger partial charge is 0.00259 e. The molecule has 0 unspecified atom stereocenters. The lowest BCUT2D eigenvalue weighted by Gasteiger charge is -2.20. The second-order valence-corrected chi connectivity index (χ2v) is 16.7. The first-order valence-corrected chi connectivity index (χ1v) is 22.2. The Labute approximate surface area is 374 Å². The summed E-state index contributed by atoms with van der Waals surface area (Å²) in [6, 6.07) is 93.6. The Morgan fingerprint density at radius 3 is 0.766 bits per heavy atom. The third-order valence-electron chi connectivity index (χ3n) is 13.0. The van der Waals surface area contributed by atoms with Crippen molar-refractivity contribution in [1.29, 1.82) is 0 Å². The Morgan fingerprint density at radius 2 is 0.375 bits per heavy atom. The first-order chi connectivity index (χ1) is 31.8. The molecule has 298 valence electrons. The molecule has 12 aromatic carbocycles. The van der Waals surface area contributed by atoms with Gasteiger partial charge in [-0.3, -0.25) is 0 Å². The molecule has 12 aromatic rings. The van der Waals surface area contributed by atoms with Gasteiger partial charge in [0, 0.05) is 0 Å². The standard InChI is InChI=1S/C64H42/c1-5-19-43(20-6-1)49-37-38-59-60(42-49)63(46-25-11-4-12-26-46)56-30-16-13-27-53(56)62(59)48-35-33-47(34-36-48)61-54-28-14-17-31-57(54)64(58-32-18-15-29-55(58)61)52-40-50(44-21-7-2-8-22-44)39-51(41-52)45-23-9-3-10-24-45/h1-42H. The number of hydrogen-bond donors (Lipinski definition) is 0. The van der Waals surface area contributed by atoms with Crippen molar-refractivity contribution < 1.29 is 0 Å². The first kappa shape index (κ1) is 37.4. The van der Waals surface area contributed by atoms with Crippen molar-refractivity contribution in [2.24, 2.45) is 0 Å². The largest absolute Gasteiger partial charge is 0.0622 e. The summed E-state index contributed by atoms with van der Waals surface area (Å²) < 4.78 is 0. The molecule has 0 saturated carbocycles. The van der Waals surface area contributed by atoms with Crippen LogP contribution in [0.15, 0.2) is 255 Å². The second kappa shape index (κ2) is 15.9. The van der Waals surface area contributed by atoms with Crippen LogP contribution in [0.3, 0.4) is 0 Å². The second-order valence-electron chi connectivity index (χ2n) is 16.7. The van der Waals surface area contributed by atoms with Crippen LogP contribution in [-0.2, 0) is 0 Å². The lowest BCUT2D eigenvalue weighted by Crippen LogP contribution is -1.93. The highest BCUT2D eigenvalue weighted by Crippen LogP contribution is 2.48. The molecule has 0 bridgehead atoms. The van der Waals surface area contributed by atoms with Crippen molar-refractivity contribution in [1.82, 2.24) is 0 Å². The van der Waals surface area contributed by atoms with E-state index in [1.54, 1.807) is 0 Å². The van der Waals surface area contributed by atoms with E-state index in [2.05, 4.69) is 255 Å². The maximum atomic E-state index is 2.40. The van der Waals surface area contributed by atoms with E-state index in [-0.39, 0.29) is 0 Å². The predicted octanol–water partition coefficient (Wildman–Crippen LogP) is 18.0. The Bertz CT molecular complexity index is 3550. The molecule has 0 fully saturated rings. The molecule has 12 rings (SSSR count). The normalized spacial score (nSPS) is 11.4. The van der Waals surface area contributed by atoms with Gasteiger partial charge >= 0.3 is 0 Å². The molecule has 0 heteroatoms. The van der Waals surface area contributed by atoms with Crippen LogP contribution in [0.2, 0.25) is 0 Å². The van der Waals surface area contributed by atoms with Crippen molar-refractivity contribution >= 4 is 43.1 Å². The van der Waals surface area contributed by atoms with E-state index in [0.717, 1.165) is 0 Å². The van der Waals surface area contributed by atoms with E-state index in [4.69, 9.17) is 0 Å². The van der Waals surface area contributed by atoms with Gasteiger partial charge in [0.2, 0.25) is 0 Å². The molecule has 0 amide bonds. The summed E-state index contributed by atoms with van der Waals surface area (Å²) in [4.78, 5) is 0. The van der Waals surface area contributed by atoms with Crippen LogP contribution in [0.25, 0.3) is 121 Å². The third kappa shape index (κ3) is 6.48. The van der Waals surface area contributed by atoms with E-state index in [1.165, 1.54) is 121 Å². The summed E-state index contributed by atoms with van der Waals surface area (Å²) in [5, 5.41) is 9.98. The highest BCUT2D eigenvalue weighted by atomic mass is 14.2. The highest BCUT2D eigenvalue weighted by molar-refractivity contribution is 6.23. The first-order valence-electron chi connectivity index (χ1n) is 22.2. The van der Waals surface area contributed by atoms with E-state index in [0.29, 0.717) is 0 Å². The van der Waals surface area contributed by atoms with Crippen LogP contribution in [0.4, 0.5) is 0 Å². The molecule has 0 nitrogen and oxygen atoms in total. The van der Waals surface area contributed by atoms with Crippen LogP contribution in [-0.4, -0.2) is 0 Å². The quantitative estimate of drug-likeness (QED) is 0.141. The molecule has 0 heterocycles. The molecule has 0 aliphatic rings. The minimum Gasteiger partial charge on any atom is -0.0622 e. The molecule has 0 saturated heterocycles. The van der Waals surface area contributed by atoms with Crippen LogP contribution < -0.4 is 0 Å². The zero-order valence-corrected chi connectivity index (χ0v) is 35.2. The average molecular weight is 811 g/mol. The van der Waals surface area contributed by atoms with Gasteiger partial charge in [0.15, 0.2) is 0 Å². The van der Waals surface area contributed by atoms with Gasteiger partial charge in [0.1, 0.15) is 0 Å². The van der Waals surface area contributed by atoms with E-state index in [1.807, 2.05) is 0 Å². The van der Waals surface area contributed by atoms with Crippen molar-refractivity contribution in [3.05, 3.63) is 255 Å². The molecular formula is C64H42. The van der Waals surface area contributed by atoms with Gasteiger partial charge in [-0.05, 0) is 145 Å². The molecule has 0 N–H and O–H groups in total. The molecule has 0 aliphatic carbocycles. The van der Waals surface area contributed by atoms with Crippen LogP contribution in [0.1, 0.15) is 0 Å². The van der Waals surface area contributed by atoms with Gasteiger partial charge in [-0.15, -0.1) is 0 Å². The molecule has 0 aliphatic heterocycles. The highest BCUT2D eigenvalue weighted by Gasteiger charge is 2.20. The third-order valence-corrected chi connectivity index (χ3v) is 13.0. The number of hydrogen-bond acceptors (Lipinski definition) is 0. The fourth-order valence-electron chi connectivity index (χ4n) is 10.1. The zero-order valence-electron chi connectivity index (χ0n) is 35.2. The van der Waals surface area contributed by atoms with Crippen LogP contribution in [0.5, 0.6) is 0 Å². The minimum atomic E-state index is 1.20. The summed E-state index contributed by atoms with van der Waals surface area (Å²) in [6.45, 7) is 0. The van der Waals surface area contributed by atoms with Crippen molar-refractivity contribution in [3.8, 4) is 77.9 Å². The van der Waals surface area contributed by atoms with Gasteiger partial charge in [-0.2, -0.15) is 0 Å². The van der Waals surface area contributed by atoms with Gasteiger partial charge in [0.05, 0.1) is 0 Å². The molecule has 0 spiro atoms. The molecular weight excluding hydrogens is 769 g/mol. The topological polar surface area (TPSA) is 0 Å². The maximum absolute atomic E-state index is 2.40. The zero-order chi connectivity index (χ0) is 42.4. The molecule has 0 radical (unpaired) electrons. The summed E-state index contributed by atoms with van der Waals surface area (Å²) in [6.07, 6.45) is 0. The van der Waals surface area contributed by atoms with Crippen LogP contribution >= 0.6 is 0 Å². The Balaban J connectivity index is 1.06. The molecule has 0 aromatic heterocycles. The van der Waals surface area contributed by atoms with Crippen molar-refractivity contribution in [2.45, 2.75) is 0 Å². The van der Waals surface area contributed by atoms with Crippen molar-refractivity contribution in [2.75, 3.05) is 0 Å². The van der Waals surface area contributed by atoms with Gasteiger partial charge in [-0.25, -0.2) is 0 Å². The fraction of sp³-hybridized carbons (Fsp3) is 0.